The number of carbonyl (C=O) groups is 3. The predicted molar refractivity (Wildman–Crippen MR) is 138 cm³/mol. The molecule has 0 spiro atoms. The second kappa shape index (κ2) is 10.9. The van der Waals surface area contributed by atoms with E-state index in [0.717, 1.165) is 16.7 Å². The molecule has 2 heterocycles. The second-order valence-corrected chi connectivity index (χ2v) is 9.76. The summed E-state index contributed by atoms with van der Waals surface area (Å²) >= 11 is 0. The van der Waals surface area contributed by atoms with E-state index in [1.54, 1.807) is 35.6 Å². The molecule has 1 amide bonds. The van der Waals surface area contributed by atoms with Crippen LogP contribution in [0.1, 0.15) is 56.9 Å². The van der Waals surface area contributed by atoms with Gasteiger partial charge < -0.3 is 24.0 Å². The van der Waals surface area contributed by atoms with E-state index in [4.69, 9.17) is 9.47 Å². The Morgan fingerprint density at radius 1 is 1.00 bits per heavy atom. The van der Waals surface area contributed by atoms with Crippen molar-refractivity contribution in [1.29, 1.82) is 0 Å². The average Bonchev–Trinajstić information content (AvgIpc) is 3.19. The number of nitrogens with zero attached hydrogens (tertiary/aromatic N) is 2. The summed E-state index contributed by atoms with van der Waals surface area (Å²) in [6.45, 7) is 6.89. The number of fused-ring (bicyclic) bond motifs is 1. The molecule has 2 aromatic carbocycles. The summed E-state index contributed by atoms with van der Waals surface area (Å²) in [4.78, 5) is 39.3. The lowest BCUT2D eigenvalue weighted by atomic mass is 9.92. The summed E-state index contributed by atoms with van der Waals surface area (Å²) in [6, 6.07) is 14.8. The first kappa shape index (κ1) is 26.0. The summed E-state index contributed by atoms with van der Waals surface area (Å²) < 4.78 is 12.8. The Morgan fingerprint density at radius 2 is 1.73 bits per heavy atom. The highest BCUT2D eigenvalue weighted by Crippen LogP contribution is 2.33. The van der Waals surface area contributed by atoms with Gasteiger partial charge >= 0.3 is 18.0 Å². The molecule has 0 saturated carbocycles. The van der Waals surface area contributed by atoms with Crippen LogP contribution in [-0.4, -0.2) is 45.8 Å². The number of hydrogen-bond donors (Lipinski definition) is 1. The first-order valence-electron chi connectivity index (χ1n) is 12.3. The van der Waals surface area contributed by atoms with Crippen LogP contribution < -0.4 is 0 Å². The van der Waals surface area contributed by atoms with Gasteiger partial charge in [-0.15, -0.1) is 0 Å². The van der Waals surface area contributed by atoms with Crippen molar-refractivity contribution in [3.63, 3.8) is 0 Å². The van der Waals surface area contributed by atoms with Crippen molar-refractivity contribution >= 4 is 18.0 Å². The summed E-state index contributed by atoms with van der Waals surface area (Å²) in [5, 5.41) is 9.61. The predicted octanol–water partition coefficient (Wildman–Crippen LogP) is 5.21. The zero-order valence-electron chi connectivity index (χ0n) is 21.6. The van der Waals surface area contributed by atoms with Gasteiger partial charge in [0.2, 0.25) is 0 Å². The van der Waals surface area contributed by atoms with Crippen LogP contribution in [0.4, 0.5) is 4.79 Å². The number of carboxylic acid groups (broad SMARTS) is 1. The lowest BCUT2D eigenvalue weighted by Crippen LogP contribution is -2.36. The van der Waals surface area contributed by atoms with E-state index in [2.05, 4.69) is 0 Å². The van der Waals surface area contributed by atoms with E-state index >= 15 is 0 Å². The third-order valence-corrected chi connectivity index (χ3v) is 6.62. The summed E-state index contributed by atoms with van der Waals surface area (Å²) in [7, 11) is 1.78. The molecule has 0 fully saturated rings. The van der Waals surface area contributed by atoms with Crippen molar-refractivity contribution in [2.45, 2.75) is 40.3 Å². The fraction of sp³-hybridized carbons (Fsp3) is 0.345. The highest BCUT2D eigenvalue weighted by molar-refractivity contribution is 5.99. The van der Waals surface area contributed by atoms with Crippen LogP contribution in [0, 0.1) is 12.8 Å². The Balaban J connectivity index is 1.65. The molecule has 37 heavy (non-hydrogen) atoms. The van der Waals surface area contributed by atoms with Crippen LogP contribution in [0.25, 0.3) is 11.3 Å². The first-order valence-corrected chi connectivity index (χ1v) is 12.3. The molecular weight excluding hydrogens is 472 g/mol. The normalized spacial score (nSPS) is 12.8. The number of aromatic carboxylic acids is 1. The highest BCUT2D eigenvalue weighted by Gasteiger charge is 2.27. The minimum absolute atomic E-state index is 0.163. The van der Waals surface area contributed by atoms with Gasteiger partial charge in [-0.2, -0.15) is 0 Å². The van der Waals surface area contributed by atoms with Gasteiger partial charge in [-0.3, -0.25) is 0 Å². The number of aromatic nitrogens is 1. The largest absolute Gasteiger partial charge is 0.478 e. The molecule has 8 heteroatoms. The molecule has 194 valence electrons. The van der Waals surface area contributed by atoms with E-state index in [1.165, 1.54) is 0 Å². The van der Waals surface area contributed by atoms with E-state index in [1.807, 2.05) is 50.2 Å². The van der Waals surface area contributed by atoms with Gasteiger partial charge in [-0.25, -0.2) is 14.4 Å². The maximum Gasteiger partial charge on any atom is 0.410 e. The Hall–Kier alpha value is -4.07. The fourth-order valence-corrected chi connectivity index (χ4v) is 4.45. The van der Waals surface area contributed by atoms with E-state index < -0.39 is 18.0 Å². The zero-order valence-corrected chi connectivity index (χ0v) is 21.6. The minimum Gasteiger partial charge on any atom is -0.478 e. The molecule has 0 radical (unpaired) electrons. The van der Waals surface area contributed by atoms with Crippen molar-refractivity contribution in [1.82, 2.24) is 9.47 Å². The molecule has 4 rings (SSSR count). The molecule has 0 unspecified atom stereocenters. The number of amides is 1. The minimum atomic E-state index is -1.02. The molecule has 1 aromatic heterocycles. The van der Waals surface area contributed by atoms with E-state index in [9.17, 15) is 19.5 Å². The van der Waals surface area contributed by atoms with Crippen molar-refractivity contribution in [2.24, 2.45) is 13.0 Å². The van der Waals surface area contributed by atoms with Gasteiger partial charge in [0.15, 0.2) is 0 Å². The molecule has 0 bridgehead atoms. The van der Waals surface area contributed by atoms with Crippen LogP contribution in [0.15, 0.2) is 48.5 Å². The monoisotopic (exact) mass is 504 g/mol. The number of carbonyl (C=O) groups excluding carboxylic acids is 2. The van der Waals surface area contributed by atoms with E-state index in [-0.39, 0.29) is 24.7 Å². The Kier molecular flexibility index (Phi) is 7.66. The Morgan fingerprint density at radius 3 is 2.38 bits per heavy atom. The third kappa shape index (κ3) is 5.69. The maximum atomic E-state index is 13.2. The molecule has 0 atom stereocenters. The Labute approximate surface area is 216 Å². The highest BCUT2D eigenvalue weighted by atomic mass is 16.6. The second-order valence-electron chi connectivity index (χ2n) is 9.76. The van der Waals surface area contributed by atoms with Gasteiger partial charge in [0.05, 0.1) is 17.7 Å². The van der Waals surface area contributed by atoms with Crippen LogP contribution in [-0.2, 0) is 36.1 Å². The lowest BCUT2D eigenvalue weighted by molar-refractivity contribution is 0.0459. The van der Waals surface area contributed by atoms with Crippen molar-refractivity contribution in [2.75, 3.05) is 13.2 Å². The standard InChI is InChI=1S/C29H32N2O6/c1-18(2)16-36-28(34)25-13-22-15-31(29(35)37-17-20-8-6-5-7-9-20)11-10-21(22)12-24(25)26-14-23(27(32)33)19(3)30(26)4/h5-9,12-14,18H,10-11,15-17H2,1-4H3,(H,32,33). The van der Waals surface area contributed by atoms with Crippen LogP contribution >= 0.6 is 0 Å². The molecule has 3 aromatic rings. The topological polar surface area (TPSA) is 98.1 Å². The number of rotatable bonds is 7. The van der Waals surface area contributed by atoms with Crippen LogP contribution in [0.2, 0.25) is 0 Å². The van der Waals surface area contributed by atoms with E-state index in [0.29, 0.717) is 42.0 Å². The molecule has 0 aliphatic carbocycles. The molecule has 8 nitrogen and oxygen atoms in total. The van der Waals surface area contributed by atoms with Gasteiger partial charge in [0, 0.05) is 37.1 Å². The number of ether oxygens (including phenoxy) is 2. The van der Waals surface area contributed by atoms with Crippen LogP contribution in [0.3, 0.4) is 0 Å². The molecule has 0 saturated heterocycles. The van der Waals surface area contributed by atoms with Gasteiger partial charge in [-0.1, -0.05) is 44.2 Å². The van der Waals surface area contributed by atoms with Gasteiger partial charge in [-0.05, 0) is 54.2 Å². The number of esters is 1. The summed E-state index contributed by atoms with van der Waals surface area (Å²) in [5.41, 5.74) is 5.11. The quantitative estimate of drug-likeness (QED) is 0.444. The maximum absolute atomic E-state index is 13.2. The van der Waals surface area contributed by atoms with Gasteiger partial charge in [0.1, 0.15) is 6.61 Å². The first-order chi connectivity index (χ1) is 17.7. The lowest BCUT2D eigenvalue weighted by Gasteiger charge is -2.29. The zero-order chi connectivity index (χ0) is 26.7. The summed E-state index contributed by atoms with van der Waals surface area (Å²) in [5.74, 6) is -1.34. The average molecular weight is 505 g/mol. The number of hydrogen-bond acceptors (Lipinski definition) is 5. The molecular formula is C29H32N2O6. The van der Waals surface area contributed by atoms with Gasteiger partial charge in [0.25, 0.3) is 0 Å². The van der Waals surface area contributed by atoms with Crippen molar-refractivity contribution < 1.29 is 29.0 Å². The summed E-state index contributed by atoms with van der Waals surface area (Å²) in [6.07, 6.45) is 0.172. The van der Waals surface area contributed by atoms with Crippen molar-refractivity contribution in [3.8, 4) is 11.3 Å². The van der Waals surface area contributed by atoms with Crippen LogP contribution in [0.5, 0.6) is 0 Å². The third-order valence-electron chi connectivity index (χ3n) is 6.62. The molecule has 1 N–H and O–H groups in total. The Bertz CT molecular complexity index is 1330. The number of carboxylic acids is 1. The molecule has 1 aliphatic rings. The SMILES string of the molecule is Cc1c(C(=O)O)cc(-c2cc3c(cc2C(=O)OCC(C)C)CN(C(=O)OCc2ccccc2)CC3)n1C. The molecule has 1 aliphatic heterocycles. The van der Waals surface area contributed by atoms with Crippen molar-refractivity contribution in [3.05, 3.63) is 82.0 Å². The fourth-order valence-electron chi connectivity index (χ4n) is 4.45. The smallest absolute Gasteiger partial charge is 0.410 e. The number of benzene rings is 2.